The van der Waals surface area contributed by atoms with Gasteiger partial charge in [-0.05, 0) is 25.3 Å². The fraction of sp³-hybridized carbons (Fsp3) is 0.529. The molecule has 1 aromatic carbocycles. The highest BCUT2D eigenvalue weighted by atomic mass is 35.5. The first-order valence-electron chi connectivity index (χ1n) is 8.81. The number of carbonyl (C=O) groups excluding carboxylic acids is 2. The van der Waals surface area contributed by atoms with E-state index in [-0.39, 0.29) is 47.3 Å². The average Bonchev–Trinajstić information content (AvgIpc) is 2.58. The molecule has 0 aliphatic carbocycles. The Balaban J connectivity index is 2.15. The largest absolute Gasteiger partial charge is 0.482 e. The molecule has 1 aliphatic rings. The van der Waals surface area contributed by atoms with Crippen molar-refractivity contribution >= 4 is 39.3 Å². The normalized spacial score (nSPS) is 14.7. The van der Waals surface area contributed by atoms with Crippen LogP contribution in [0.25, 0.3) is 0 Å². The number of ether oxygens (including phenoxy) is 2. The molecule has 28 heavy (non-hydrogen) atoms. The molecule has 9 nitrogen and oxygen atoms in total. The fourth-order valence-electron chi connectivity index (χ4n) is 2.68. The number of hydrogen-bond acceptors (Lipinski definition) is 6. The number of sulfonamides is 1. The molecule has 0 saturated heterocycles. The molecule has 3 N–H and O–H groups in total. The number of amides is 2. The number of rotatable bonds is 8. The van der Waals surface area contributed by atoms with Crippen molar-refractivity contribution in [3.63, 3.8) is 0 Å². The maximum atomic E-state index is 12.7. The van der Waals surface area contributed by atoms with Crippen molar-refractivity contribution in [2.45, 2.75) is 38.1 Å². The molecular weight excluding hydrogens is 410 g/mol. The van der Waals surface area contributed by atoms with Crippen LogP contribution in [0, 0.1) is 5.92 Å². The van der Waals surface area contributed by atoms with Crippen molar-refractivity contribution in [2.75, 3.05) is 25.1 Å². The smallest absolute Gasteiger partial charge is 0.407 e. The van der Waals surface area contributed by atoms with Crippen molar-refractivity contribution in [1.82, 2.24) is 10.0 Å². The van der Waals surface area contributed by atoms with Gasteiger partial charge in [0.2, 0.25) is 10.0 Å². The Hall–Kier alpha value is -2.04. The Labute approximate surface area is 169 Å². The molecule has 2 amide bonds. The maximum Gasteiger partial charge on any atom is 0.407 e. The van der Waals surface area contributed by atoms with E-state index in [1.54, 1.807) is 6.92 Å². The number of halogens is 1. The summed E-state index contributed by atoms with van der Waals surface area (Å²) < 4.78 is 38.0. The van der Waals surface area contributed by atoms with E-state index in [1.807, 2.05) is 13.8 Å². The number of alkyl carbamates (subject to hydrolysis) is 1. The molecule has 1 aliphatic heterocycles. The van der Waals surface area contributed by atoms with E-state index in [4.69, 9.17) is 21.1 Å². The van der Waals surface area contributed by atoms with Gasteiger partial charge >= 0.3 is 6.09 Å². The average molecular weight is 434 g/mol. The first-order chi connectivity index (χ1) is 13.1. The Kier molecular flexibility index (Phi) is 7.50. The molecule has 0 aromatic heterocycles. The van der Waals surface area contributed by atoms with Crippen LogP contribution in [0.2, 0.25) is 5.02 Å². The topological polar surface area (TPSA) is 123 Å². The van der Waals surface area contributed by atoms with E-state index >= 15 is 0 Å². The van der Waals surface area contributed by atoms with Crippen LogP contribution in [0.15, 0.2) is 17.0 Å². The van der Waals surface area contributed by atoms with Gasteiger partial charge in [0.05, 0.1) is 17.3 Å². The van der Waals surface area contributed by atoms with Crippen LogP contribution in [0.4, 0.5) is 10.5 Å². The van der Waals surface area contributed by atoms with Gasteiger partial charge in [0, 0.05) is 18.7 Å². The van der Waals surface area contributed by atoms with Gasteiger partial charge in [-0.2, -0.15) is 0 Å². The number of hydrogen-bond donors (Lipinski definition) is 3. The molecule has 1 aromatic rings. The summed E-state index contributed by atoms with van der Waals surface area (Å²) in [6, 6.07) is 2.13. The molecule has 11 heteroatoms. The quantitative estimate of drug-likeness (QED) is 0.577. The molecule has 156 valence electrons. The molecule has 0 radical (unpaired) electrons. The number of carbonyl (C=O) groups is 2. The number of anilines is 1. The van der Waals surface area contributed by atoms with Crippen LogP contribution in [0.3, 0.4) is 0 Å². The van der Waals surface area contributed by atoms with Crippen LogP contribution in [0.5, 0.6) is 5.75 Å². The van der Waals surface area contributed by atoms with Crippen LogP contribution in [-0.2, 0) is 19.6 Å². The molecule has 1 heterocycles. The highest BCUT2D eigenvalue weighted by molar-refractivity contribution is 7.89. The summed E-state index contributed by atoms with van der Waals surface area (Å²) >= 11 is 6.10. The van der Waals surface area contributed by atoms with Crippen molar-refractivity contribution < 1.29 is 27.5 Å². The highest BCUT2D eigenvalue weighted by Gasteiger charge is 2.26. The van der Waals surface area contributed by atoms with Crippen LogP contribution >= 0.6 is 11.6 Å². The third-order valence-electron chi connectivity index (χ3n) is 3.83. The molecule has 0 bridgehead atoms. The number of fused-ring (bicyclic) bond motifs is 1. The summed E-state index contributed by atoms with van der Waals surface area (Å²) in [5.74, 6) is 0.0902. The monoisotopic (exact) mass is 433 g/mol. The SMILES string of the molecule is CCOC(=O)NC(CNS(=O)(=O)c1cc2c(cc1Cl)NC(=O)CO2)CC(C)C. The summed E-state index contributed by atoms with van der Waals surface area (Å²) in [4.78, 5) is 22.9. The maximum absolute atomic E-state index is 12.7. The molecular formula is C17H24ClN3O6S. The van der Waals surface area contributed by atoms with Gasteiger partial charge in [-0.3, -0.25) is 4.79 Å². The van der Waals surface area contributed by atoms with Gasteiger partial charge < -0.3 is 20.1 Å². The predicted octanol–water partition coefficient (Wildman–Crippen LogP) is 2.11. The first kappa shape index (κ1) is 22.3. The van der Waals surface area contributed by atoms with Crippen molar-refractivity contribution in [3.8, 4) is 5.75 Å². The Bertz CT molecular complexity index is 844. The Morgan fingerprint density at radius 3 is 2.75 bits per heavy atom. The van der Waals surface area contributed by atoms with E-state index in [0.717, 1.165) is 0 Å². The molecule has 1 unspecified atom stereocenters. The van der Waals surface area contributed by atoms with Gasteiger partial charge in [0.25, 0.3) is 5.91 Å². The summed E-state index contributed by atoms with van der Waals surface area (Å²) in [5, 5.41) is 5.15. The second-order valence-electron chi connectivity index (χ2n) is 6.66. The lowest BCUT2D eigenvalue weighted by molar-refractivity contribution is -0.118. The lowest BCUT2D eigenvalue weighted by atomic mass is 10.0. The van der Waals surface area contributed by atoms with Gasteiger partial charge in [0.1, 0.15) is 10.6 Å². The van der Waals surface area contributed by atoms with Gasteiger partial charge in [0.15, 0.2) is 6.61 Å². The zero-order valence-corrected chi connectivity index (χ0v) is 17.4. The van der Waals surface area contributed by atoms with E-state index in [0.29, 0.717) is 12.1 Å². The lowest BCUT2D eigenvalue weighted by Crippen LogP contribution is -2.44. The zero-order valence-electron chi connectivity index (χ0n) is 15.9. The van der Waals surface area contributed by atoms with Crippen LogP contribution in [-0.4, -0.2) is 46.2 Å². The van der Waals surface area contributed by atoms with E-state index < -0.39 is 22.2 Å². The van der Waals surface area contributed by atoms with Crippen LogP contribution < -0.4 is 20.1 Å². The molecule has 0 saturated carbocycles. The summed E-state index contributed by atoms with van der Waals surface area (Å²) in [6.45, 7) is 5.57. The zero-order chi connectivity index (χ0) is 20.9. The third-order valence-corrected chi connectivity index (χ3v) is 5.72. The van der Waals surface area contributed by atoms with Gasteiger partial charge in [-0.15, -0.1) is 0 Å². The van der Waals surface area contributed by atoms with E-state index in [9.17, 15) is 18.0 Å². The standard InChI is InChI=1S/C17H24ClN3O6S/c1-4-26-17(23)20-11(5-10(2)3)8-19-28(24,25)15-7-14-13(6-12(15)18)21-16(22)9-27-14/h6-7,10-11,19H,4-5,8-9H2,1-3H3,(H,20,23)(H,21,22). The fourth-order valence-corrected chi connectivity index (χ4v) is 4.30. The minimum atomic E-state index is -3.98. The Morgan fingerprint density at radius 2 is 2.11 bits per heavy atom. The van der Waals surface area contributed by atoms with Gasteiger partial charge in [-0.1, -0.05) is 25.4 Å². The predicted molar refractivity (Wildman–Crippen MR) is 104 cm³/mol. The lowest BCUT2D eigenvalue weighted by Gasteiger charge is -2.22. The third kappa shape index (κ3) is 5.98. The molecule has 1 atom stereocenters. The van der Waals surface area contributed by atoms with Crippen LogP contribution in [0.1, 0.15) is 27.2 Å². The van der Waals surface area contributed by atoms with E-state index in [2.05, 4.69) is 15.4 Å². The van der Waals surface area contributed by atoms with Crippen molar-refractivity contribution in [1.29, 1.82) is 0 Å². The molecule has 2 rings (SSSR count). The van der Waals surface area contributed by atoms with Crippen molar-refractivity contribution in [2.24, 2.45) is 5.92 Å². The summed E-state index contributed by atoms with van der Waals surface area (Å²) in [6.07, 6.45) is -0.0581. The number of nitrogens with one attached hydrogen (secondary N) is 3. The second kappa shape index (κ2) is 9.44. The summed E-state index contributed by atoms with van der Waals surface area (Å²) in [7, 11) is -3.98. The Morgan fingerprint density at radius 1 is 1.39 bits per heavy atom. The van der Waals surface area contributed by atoms with E-state index in [1.165, 1.54) is 12.1 Å². The first-order valence-corrected chi connectivity index (χ1v) is 10.7. The minimum absolute atomic E-state index is 0.0374. The van der Waals surface area contributed by atoms with Crippen molar-refractivity contribution in [3.05, 3.63) is 17.2 Å². The second-order valence-corrected chi connectivity index (χ2v) is 8.80. The number of benzene rings is 1. The van der Waals surface area contributed by atoms with Gasteiger partial charge in [-0.25, -0.2) is 17.9 Å². The molecule has 0 fully saturated rings. The molecule has 0 spiro atoms. The highest BCUT2D eigenvalue weighted by Crippen LogP contribution is 2.35. The summed E-state index contributed by atoms with van der Waals surface area (Å²) in [5.41, 5.74) is 0.307. The minimum Gasteiger partial charge on any atom is -0.482 e.